The first-order chi connectivity index (χ1) is 6.19. The second kappa shape index (κ2) is 3.71. The number of aromatic amines is 1. The molecule has 0 aliphatic carbocycles. The summed E-state index contributed by atoms with van der Waals surface area (Å²) in [5.41, 5.74) is -0.656. The summed E-state index contributed by atoms with van der Waals surface area (Å²) >= 11 is 0. The Kier molecular flexibility index (Phi) is 2.64. The lowest BCUT2D eigenvalue weighted by atomic mass is 10.3. The first-order valence-corrected chi connectivity index (χ1v) is 3.71. The van der Waals surface area contributed by atoms with Crippen LogP contribution in [0.25, 0.3) is 12.2 Å². The molecule has 0 bridgehead atoms. The summed E-state index contributed by atoms with van der Waals surface area (Å²) in [6, 6.07) is 0. The standard InChI is InChI=1S/C9H9NO3/c1-3-5-6-7(4-2)10-9(12)13-8(6)11/h3-5H,1H2,2H3,(H,10,12)/b6-5+,7-4+. The molecule has 0 atom stereocenters. The van der Waals surface area contributed by atoms with Gasteiger partial charge >= 0.3 is 11.4 Å². The summed E-state index contributed by atoms with van der Waals surface area (Å²) in [6.45, 7) is 5.17. The zero-order valence-electron chi connectivity index (χ0n) is 7.16. The van der Waals surface area contributed by atoms with E-state index in [0.717, 1.165) is 0 Å². The fourth-order valence-corrected chi connectivity index (χ4v) is 0.955. The van der Waals surface area contributed by atoms with Crippen molar-refractivity contribution in [1.29, 1.82) is 0 Å². The zero-order chi connectivity index (χ0) is 9.84. The minimum absolute atomic E-state index is 0.303. The predicted octanol–water partition coefficient (Wildman–Crippen LogP) is -0.905. The van der Waals surface area contributed by atoms with Crippen molar-refractivity contribution in [2.45, 2.75) is 6.92 Å². The van der Waals surface area contributed by atoms with Crippen molar-refractivity contribution < 1.29 is 4.42 Å². The van der Waals surface area contributed by atoms with Crippen LogP contribution in [0.2, 0.25) is 0 Å². The number of hydrogen-bond donors (Lipinski definition) is 1. The van der Waals surface area contributed by atoms with Gasteiger partial charge in [0, 0.05) is 0 Å². The fourth-order valence-electron chi connectivity index (χ4n) is 0.955. The lowest BCUT2D eigenvalue weighted by Crippen LogP contribution is -2.44. The van der Waals surface area contributed by atoms with Crippen LogP contribution in [0.3, 0.4) is 0 Å². The van der Waals surface area contributed by atoms with Crippen molar-refractivity contribution in [3.63, 3.8) is 0 Å². The van der Waals surface area contributed by atoms with Gasteiger partial charge in [0.1, 0.15) is 0 Å². The van der Waals surface area contributed by atoms with Crippen LogP contribution in [-0.4, -0.2) is 4.98 Å². The van der Waals surface area contributed by atoms with Crippen LogP contribution in [-0.2, 0) is 0 Å². The number of nitrogens with one attached hydrogen (secondary N) is 1. The number of H-pyrrole nitrogens is 1. The zero-order valence-corrected chi connectivity index (χ0v) is 7.16. The molecule has 1 aromatic heterocycles. The summed E-state index contributed by atoms with van der Waals surface area (Å²) in [5.74, 6) is -0.751. The summed E-state index contributed by atoms with van der Waals surface area (Å²) in [7, 11) is 0. The summed E-state index contributed by atoms with van der Waals surface area (Å²) in [5, 5.41) is 0.748. The van der Waals surface area contributed by atoms with E-state index in [1.807, 2.05) is 0 Å². The lowest BCUT2D eigenvalue weighted by molar-refractivity contribution is 0.440. The van der Waals surface area contributed by atoms with Gasteiger partial charge in [0.15, 0.2) is 0 Å². The van der Waals surface area contributed by atoms with E-state index >= 15 is 0 Å². The highest BCUT2D eigenvalue weighted by molar-refractivity contribution is 5.34. The molecule has 0 radical (unpaired) electrons. The van der Waals surface area contributed by atoms with E-state index in [1.165, 1.54) is 12.2 Å². The van der Waals surface area contributed by atoms with E-state index in [4.69, 9.17) is 0 Å². The molecule has 0 aromatic carbocycles. The third-order valence-electron chi connectivity index (χ3n) is 1.51. The van der Waals surface area contributed by atoms with E-state index in [-0.39, 0.29) is 0 Å². The molecule has 13 heavy (non-hydrogen) atoms. The molecule has 1 aromatic rings. The minimum Gasteiger partial charge on any atom is -0.372 e. The van der Waals surface area contributed by atoms with E-state index in [1.54, 1.807) is 13.0 Å². The monoisotopic (exact) mass is 179 g/mol. The highest BCUT2D eigenvalue weighted by atomic mass is 16.4. The van der Waals surface area contributed by atoms with Gasteiger partial charge < -0.3 is 4.42 Å². The molecular formula is C9H9NO3. The van der Waals surface area contributed by atoms with Gasteiger partial charge in [0.2, 0.25) is 0 Å². The molecule has 0 spiro atoms. The third kappa shape index (κ3) is 1.84. The minimum atomic E-state index is -0.751. The molecule has 1 N–H and O–H groups in total. The Hall–Kier alpha value is -1.84. The molecular weight excluding hydrogens is 170 g/mol. The average molecular weight is 179 g/mol. The molecule has 4 nitrogen and oxygen atoms in total. The van der Waals surface area contributed by atoms with Gasteiger partial charge in [-0.3, -0.25) is 4.98 Å². The molecule has 0 amide bonds. The summed E-state index contributed by atoms with van der Waals surface area (Å²) < 4.78 is 4.34. The van der Waals surface area contributed by atoms with Crippen LogP contribution >= 0.6 is 0 Å². The van der Waals surface area contributed by atoms with Crippen LogP contribution in [0.5, 0.6) is 0 Å². The molecule has 4 heteroatoms. The van der Waals surface area contributed by atoms with Crippen molar-refractivity contribution in [2.24, 2.45) is 0 Å². The van der Waals surface area contributed by atoms with E-state index in [2.05, 4.69) is 16.0 Å². The lowest BCUT2D eigenvalue weighted by Gasteiger charge is -1.85. The highest BCUT2D eigenvalue weighted by Crippen LogP contribution is 1.60. The molecule has 0 aliphatic rings. The largest absolute Gasteiger partial charge is 0.419 e. The molecule has 1 heterocycles. The first-order valence-electron chi connectivity index (χ1n) is 3.71. The molecule has 68 valence electrons. The van der Waals surface area contributed by atoms with Gasteiger partial charge in [-0.05, 0) is 13.0 Å². The van der Waals surface area contributed by atoms with Crippen molar-refractivity contribution in [3.05, 3.63) is 44.2 Å². The van der Waals surface area contributed by atoms with Crippen molar-refractivity contribution in [2.75, 3.05) is 0 Å². The van der Waals surface area contributed by atoms with Crippen LogP contribution in [0.4, 0.5) is 0 Å². The molecule has 0 fully saturated rings. The normalized spacial score (nSPS) is 13.3. The average Bonchev–Trinajstić information content (AvgIpc) is 2.09. The van der Waals surface area contributed by atoms with E-state index in [9.17, 15) is 9.59 Å². The number of allylic oxidation sites excluding steroid dienone is 1. The Morgan fingerprint density at radius 2 is 2.15 bits per heavy atom. The second-order valence-electron chi connectivity index (χ2n) is 2.32. The maximum atomic E-state index is 11.1. The molecule has 0 saturated carbocycles. The third-order valence-corrected chi connectivity index (χ3v) is 1.51. The number of rotatable bonds is 1. The molecule has 0 unspecified atom stereocenters. The Balaban J connectivity index is 3.91. The molecule has 0 aliphatic heterocycles. The molecule has 0 saturated heterocycles. The predicted molar refractivity (Wildman–Crippen MR) is 49.6 cm³/mol. The first kappa shape index (κ1) is 9.25. The highest BCUT2D eigenvalue weighted by Gasteiger charge is 1.94. The number of aromatic nitrogens is 1. The quantitative estimate of drug-likeness (QED) is 0.607. The van der Waals surface area contributed by atoms with Gasteiger partial charge in [-0.15, -0.1) is 0 Å². The summed E-state index contributed by atoms with van der Waals surface area (Å²) in [4.78, 5) is 24.3. The van der Waals surface area contributed by atoms with Crippen LogP contribution in [0.1, 0.15) is 6.92 Å². The van der Waals surface area contributed by atoms with Gasteiger partial charge in [0.25, 0.3) is 0 Å². The topological polar surface area (TPSA) is 63.1 Å². The van der Waals surface area contributed by atoms with Gasteiger partial charge in [-0.2, -0.15) is 0 Å². The van der Waals surface area contributed by atoms with Crippen molar-refractivity contribution in [3.8, 4) is 0 Å². The fraction of sp³-hybridized carbons (Fsp3) is 0.111. The Labute approximate surface area is 73.5 Å². The van der Waals surface area contributed by atoms with Crippen molar-refractivity contribution >= 4 is 12.2 Å². The van der Waals surface area contributed by atoms with Crippen LogP contribution in [0, 0.1) is 0 Å². The maximum Gasteiger partial charge on any atom is 0.419 e. The second-order valence-corrected chi connectivity index (χ2v) is 2.32. The van der Waals surface area contributed by atoms with Gasteiger partial charge in [0.05, 0.1) is 10.6 Å². The Morgan fingerprint density at radius 1 is 1.46 bits per heavy atom. The van der Waals surface area contributed by atoms with Crippen LogP contribution in [0.15, 0.2) is 26.7 Å². The maximum absolute atomic E-state index is 11.1. The smallest absolute Gasteiger partial charge is 0.372 e. The van der Waals surface area contributed by atoms with Crippen LogP contribution < -0.4 is 21.9 Å². The van der Waals surface area contributed by atoms with Gasteiger partial charge in [-0.25, -0.2) is 9.59 Å². The van der Waals surface area contributed by atoms with Gasteiger partial charge in [-0.1, -0.05) is 18.7 Å². The number of hydrogen-bond acceptors (Lipinski definition) is 3. The summed E-state index contributed by atoms with van der Waals surface area (Å²) in [6.07, 6.45) is 4.56. The van der Waals surface area contributed by atoms with E-state index < -0.39 is 11.4 Å². The van der Waals surface area contributed by atoms with Crippen molar-refractivity contribution in [1.82, 2.24) is 4.98 Å². The molecule has 1 rings (SSSR count). The SMILES string of the molecule is C=C/C=c1/c(=O)oc(=O)[nH]/c1=C/C. The van der Waals surface area contributed by atoms with E-state index in [0.29, 0.717) is 10.6 Å². The Bertz CT molecular complexity index is 533. The Morgan fingerprint density at radius 3 is 2.69 bits per heavy atom.